The molecule has 1 aromatic carbocycles. The molecule has 0 bridgehead atoms. The third-order valence-electron chi connectivity index (χ3n) is 5.01. The van der Waals surface area contributed by atoms with E-state index in [0.717, 1.165) is 12.1 Å². The number of nitrogens with two attached hydrogens (primary N) is 1. The Morgan fingerprint density at radius 2 is 2.00 bits per heavy atom. The zero-order chi connectivity index (χ0) is 20.1. The summed E-state index contributed by atoms with van der Waals surface area (Å²) in [6, 6.07) is 9.26. The van der Waals surface area contributed by atoms with Gasteiger partial charge in [-0.05, 0) is 56.2 Å². The summed E-state index contributed by atoms with van der Waals surface area (Å²) in [5.41, 5.74) is 6.26. The molecule has 148 valence electrons. The molecule has 0 spiro atoms. The number of rotatable bonds is 6. The fourth-order valence-electron chi connectivity index (χ4n) is 3.61. The van der Waals surface area contributed by atoms with Gasteiger partial charge >= 0.3 is 0 Å². The highest BCUT2D eigenvalue weighted by molar-refractivity contribution is 5.94. The minimum atomic E-state index is -0.577. The van der Waals surface area contributed by atoms with Crippen LogP contribution in [0.4, 0.5) is 4.39 Å². The van der Waals surface area contributed by atoms with E-state index in [1.165, 1.54) is 24.3 Å². The van der Waals surface area contributed by atoms with Crippen molar-refractivity contribution < 1.29 is 18.7 Å². The molecule has 1 aliphatic heterocycles. The van der Waals surface area contributed by atoms with Gasteiger partial charge in [-0.3, -0.25) is 14.6 Å². The van der Waals surface area contributed by atoms with Crippen LogP contribution in [0.2, 0.25) is 0 Å². The predicted octanol–water partition coefficient (Wildman–Crippen LogP) is 2.71. The molecule has 1 fully saturated rings. The Balaban J connectivity index is 1.75. The fourth-order valence-corrected chi connectivity index (χ4v) is 3.61. The first-order valence-electron chi connectivity index (χ1n) is 9.26. The number of aryl methyl sites for hydroxylation is 1. The number of aromatic nitrogens is 1. The van der Waals surface area contributed by atoms with Crippen molar-refractivity contribution in [1.82, 2.24) is 9.88 Å². The molecule has 0 unspecified atom stereocenters. The number of hydrogen-bond donors (Lipinski definition) is 1. The summed E-state index contributed by atoms with van der Waals surface area (Å²) in [6.07, 6.45) is 3.14. The highest BCUT2D eigenvalue weighted by Crippen LogP contribution is 2.35. The van der Waals surface area contributed by atoms with Gasteiger partial charge in [-0.15, -0.1) is 0 Å². The summed E-state index contributed by atoms with van der Waals surface area (Å²) >= 11 is 0. The van der Waals surface area contributed by atoms with Crippen LogP contribution in [0.15, 0.2) is 42.6 Å². The average molecular weight is 385 g/mol. The van der Waals surface area contributed by atoms with Crippen LogP contribution in [0, 0.1) is 18.2 Å². The molecule has 2 aromatic rings. The highest BCUT2D eigenvalue weighted by Gasteiger charge is 2.39. The van der Waals surface area contributed by atoms with Gasteiger partial charge in [0.05, 0.1) is 12.2 Å². The van der Waals surface area contributed by atoms with E-state index in [1.54, 1.807) is 23.2 Å². The van der Waals surface area contributed by atoms with E-state index in [9.17, 15) is 14.0 Å². The maximum absolute atomic E-state index is 13.1. The van der Waals surface area contributed by atoms with Crippen molar-refractivity contribution in [2.45, 2.75) is 26.2 Å². The lowest BCUT2D eigenvalue weighted by atomic mass is 9.77. The topological polar surface area (TPSA) is 85.5 Å². The first kappa shape index (κ1) is 19.8. The van der Waals surface area contributed by atoms with Gasteiger partial charge in [0.2, 0.25) is 5.91 Å². The largest absolute Gasteiger partial charge is 0.493 e. The number of pyridine rings is 1. The van der Waals surface area contributed by atoms with Crippen LogP contribution in [0.3, 0.4) is 0 Å². The van der Waals surface area contributed by atoms with Crippen molar-refractivity contribution >= 4 is 11.8 Å². The van der Waals surface area contributed by atoms with Gasteiger partial charge in [0.25, 0.3) is 5.91 Å². The Labute approximate surface area is 163 Å². The molecule has 1 saturated heterocycles. The van der Waals surface area contributed by atoms with Gasteiger partial charge in [0.15, 0.2) is 0 Å². The molecule has 2 N–H and O–H groups in total. The smallest absolute Gasteiger partial charge is 0.255 e. The molecule has 0 aliphatic carbocycles. The predicted molar refractivity (Wildman–Crippen MR) is 102 cm³/mol. The first-order valence-corrected chi connectivity index (χ1v) is 9.26. The zero-order valence-corrected chi connectivity index (χ0v) is 15.9. The molecular weight excluding hydrogens is 361 g/mol. The monoisotopic (exact) mass is 385 g/mol. The van der Waals surface area contributed by atoms with Crippen molar-refractivity contribution in [2.75, 3.05) is 19.7 Å². The number of nitrogens with zero attached hydrogens (tertiary/aromatic N) is 2. The van der Waals surface area contributed by atoms with Crippen LogP contribution < -0.4 is 10.5 Å². The molecule has 2 heterocycles. The number of piperidine rings is 1. The van der Waals surface area contributed by atoms with Gasteiger partial charge < -0.3 is 15.4 Å². The van der Waals surface area contributed by atoms with E-state index in [2.05, 4.69) is 4.98 Å². The van der Waals surface area contributed by atoms with Crippen LogP contribution >= 0.6 is 0 Å². The molecule has 0 radical (unpaired) electrons. The summed E-state index contributed by atoms with van der Waals surface area (Å²) in [7, 11) is 0. The van der Waals surface area contributed by atoms with E-state index >= 15 is 0 Å². The SMILES string of the molecule is Cc1ccc(C(=O)N2CCC[C@@](COc3ccc(F)cc3)(CC(N)=O)C2)cn1. The molecule has 1 aliphatic rings. The summed E-state index contributed by atoms with van der Waals surface area (Å²) in [5.74, 6) is -0.395. The molecule has 6 nitrogen and oxygen atoms in total. The minimum Gasteiger partial charge on any atom is -0.493 e. The summed E-state index contributed by atoms with van der Waals surface area (Å²) in [5, 5.41) is 0. The second kappa shape index (κ2) is 8.37. The number of hydrogen-bond acceptors (Lipinski definition) is 4. The van der Waals surface area contributed by atoms with Gasteiger partial charge in [0, 0.05) is 36.8 Å². The quantitative estimate of drug-likeness (QED) is 0.828. The normalized spacial score (nSPS) is 19.3. The van der Waals surface area contributed by atoms with Crippen molar-refractivity contribution in [3.05, 3.63) is 59.7 Å². The third kappa shape index (κ3) is 4.85. The lowest BCUT2D eigenvalue weighted by Crippen LogP contribution is -2.50. The Morgan fingerprint density at radius 3 is 2.64 bits per heavy atom. The number of carbonyl (C=O) groups is 2. The summed E-state index contributed by atoms with van der Waals surface area (Å²) < 4.78 is 18.9. The molecular formula is C21H24FN3O3. The van der Waals surface area contributed by atoms with Gasteiger partial charge in [-0.25, -0.2) is 4.39 Å². The molecule has 1 aromatic heterocycles. The zero-order valence-electron chi connectivity index (χ0n) is 15.9. The highest BCUT2D eigenvalue weighted by atomic mass is 19.1. The molecule has 28 heavy (non-hydrogen) atoms. The molecule has 3 rings (SSSR count). The minimum absolute atomic E-state index is 0.115. The standard InChI is InChI=1S/C21H24FN3O3/c1-15-3-4-16(12-24-15)20(27)25-10-2-9-21(13-25,11-19(23)26)14-28-18-7-5-17(22)6-8-18/h3-8,12H,2,9-11,13-14H2,1H3,(H2,23,26)/t21-/m1/s1. The van der Waals surface area contributed by atoms with E-state index in [-0.39, 0.29) is 24.8 Å². The Kier molecular flexibility index (Phi) is 5.92. The number of halogens is 1. The van der Waals surface area contributed by atoms with Crippen LogP contribution in [-0.2, 0) is 4.79 Å². The van der Waals surface area contributed by atoms with Crippen molar-refractivity contribution in [2.24, 2.45) is 11.1 Å². The second-order valence-corrected chi connectivity index (χ2v) is 7.40. The van der Waals surface area contributed by atoms with Crippen molar-refractivity contribution in [1.29, 1.82) is 0 Å². The number of benzene rings is 1. The number of primary amides is 1. The van der Waals surface area contributed by atoms with Crippen LogP contribution in [0.5, 0.6) is 5.75 Å². The Morgan fingerprint density at radius 1 is 1.25 bits per heavy atom. The summed E-state index contributed by atoms with van der Waals surface area (Å²) in [6.45, 7) is 3.05. The van der Waals surface area contributed by atoms with Crippen LogP contribution in [0.25, 0.3) is 0 Å². The van der Waals surface area contributed by atoms with E-state index < -0.39 is 11.3 Å². The Bertz CT molecular complexity index is 839. The maximum Gasteiger partial charge on any atom is 0.255 e. The second-order valence-electron chi connectivity index (χ2n) is 7.40. The number of ether oxygens (including phenoxy) is 1. The fraction of sp³-hybridized carbons (Fsp3) is 0.381. The lowest BCUT2D eigenvalue weighted by molar-refractivity contribution is -0.122. The first-order chi connectivity index (χ1) is 13.4. The van der Waals surface area contributed by atoms with E-state index in [0.29, 0.717) is 30.8 Å². The number of carbonyl (C=O) groups excluding carboxylic acids is 2. The van der Waals surface area contributed by atoms with Crippen LogP contribution in [-0.4, -0.2) is 41.4 Å². The summed E-state index contributed by atoms with van der Waals surface area (Å²) in [4.78, 5) is 30.5. The van der Waals surface area contributed by atoms with Gasteiger partial charge in [-0.2, -0.15) is 0 Å². The lowest BCUT2D eigenvalue weighted by Gasteiger charge is -2.42. The van der Waals surface area contributed by atoms with Crippen LogP contribution in [0.1, 0.15) is 35.3 Å². The maximum atomic E-state index is 13.1. The molecule has 2 amide bonds. The van der Waals surface area contributed by atoms with Gasteiger partial charge in [0.1, 0.15) is 11.6 Å². The average Bonchev–Trinajstić information content (AvgIpc) is 2.67. The molecule has 7 heteroatoms. The number of amides is 2. The third-order valence-corrected chi connectivity index (χ3v) is 5.01. The number of likely N-dealkylation sites (tertiary alicyclic amines) is 1. The molecule has 0 saturated carbocycles. The van der Waals surface area contributed by atoms with Gasteiger partial charge in [-0.1, -0.05) is 0 Å². The molecule has 1 atom stereocenters. The van der Waals surface area contributed by atoms with Crippen molar-refractivity contribution in [3.63, 3.8) is 0 Å². The Hall–Kier alpha value is -2.96. The van der Waals surface area contributed by atoms with Crippen molar-refractivity contribution in [3.8, 4) is 5.75 Å². The van der Waals surface area contributed by atoms with E-state index in [4.69, 9.17) is 10.5 Å². The van der Waals surface area contributed by atoms with E-state index in [1.807, 2.05) is 6.92 Å².